The van der Waals surface area contributed by atoms with Crippen LogP contribution >= 0.6 is 0 Å². The maximum absolute atomic E-state index is 14.1. The molecule has 208 valence electrons. The quantitative estimate of drug-likeness (QED) is 0.357. The van der Waals surface area contributed by atoms with E-state index in [0.29, 0.717) is 12.1 Å². The van der Waals surface area contributed by atoms with Crippen molar-refractivity contribution in [1.29, 1.82) is 0 Å². The number of carbonyl (C=O) groups is 2. The van der Waals surface area contributed by atoms with Gasteiger partial charge >= 0.3 is 0 Å². The lowest BCUT2D eigenvalue weighted by Gasteiger charge is -2.34. The lowest BCUT2D eigenvalue weighted by Crippen LogP contribution is -2.54. The number of nitrogens with one attached hydrogen (secondary N) is 1. The van der Waals surface area contributed by atoms with Crippen LogP contribution in [0.4, 0.5) is 5.69 Å². The van der Waals surface area contributed by atoms with E-state index in [2.05, 4.69) is 5.32 Å². The summed E-state index contributed by atoms with van der Waals surface area (Å²) in [7, 11) is -3.80. The van der Waals surface area contributed by atoms with E-state index in [1.165, 1.54) is 4.90 Å². The number of hydrogen-bond donors (Lipinski definition) is 1. The summed E-state index contributed by atoms with van der Waals surface area (Å²) < 4.78 is 27.0. The van der Waals surface area contributed by atoms with E-state index in [4.69, 9.17) is 0 Å². The van der Waals surface area contributed by atoms with Crippen molar-refractivity contribution in [3.63, 3.8) is 0 Å². The second-order valence-corrected chi connectivity index (χ2v) is 12.1. The number of rotatable bonds is 12. The maximum Gasteiger partial charge on any atom is 0.244 e. The van der Waals surface area contributed by atoms with Crippen molar-refractivity contribution in [2.45, 2.75) is 59.2 Å². The van der Waals surface area contributed by atoms with Crippen molar-refractivity contribution >= 4 is 27.5 Å². The Balaban J connectivity index is 2.05. The first-order chi connectivity index (χ1) is 18.5. The second-order valence-electron chi connectivity index (χ2n) is 10.1. The number of amides is 2. The van der Waals surface area contributed by atoms with E-state index in [0.717, 1.165) is 39.2 Å². The zero-order valence-electron chi connectivity index (χ0n) is 23.4. The zero-order valence-corrected chi connectivity index (χ0v) is 24.2. The average molecular weight is 550 g/mol. The van der Waals surface area contributed by atoms with Crippen LogP contribution in [0, 0.1) is 13.8 Å². The molecule has 0 spiro atoms. The van der Waals surface area contributed by atoms with E-state index in [1.54, 1.807) is 12.1 Å². The molecule has 0 aromatic heterocycles. The fourth-order valence-electron chi connectivity index (χ4n) is 4.48. The summed E-state index contributed by atoms with van der Waals surface area (Å²) in [6, 6.07) is 23.5. The van der Waals surface area contributed by atoms with Crippen molar-refractivity contribution in [2.75, 3.05) is 17.1 Å². The Morgan fingerprint density at radius 2 is 1.41 bits per heavy atom. The van der Waals surface area contributed by atoms with Gasteiger partial charge in [0.2, 0.25) is 21.8 Å². The van der Waals surface area contributed by atoms with Crippen LogP contribution < -0.4 is 9.62 Å². The summed E-state index contributed by atoms with van der Waals surface area (Å²) in [5, 5.41) is 3.04. The summed E-state index contributed by atoms with van der Waals surface area (Å²) in [4.78, 5) is 29.3. The molecule has 0 saturated heterocycles. The van der Waals surface area contributed by atoms with Crippen molar-refractivity contribution < 1.29 is 18.0 Å². The lowest BCUT2D eigenvalue weighted by atomic mass is 10.0. The highest BCUT2D eigenvalue weighted by Crippen LogP contribution is 2.23. The molecule has 0 saturated carbocycles. The minimum Gasteiger partial charge on any atom is -0.352 e. The third kappa shape index (κ3) is 8.68. The molecule has 2 atom stereocenters. The first kappa shape index (κ1) is 29.9. The Labute approximate surface area is 232 Å². The Morgan fingerprint density at radius 1 is 0.872 bits per heavy atom. The number of anilines is 1. The SMILES string of the molecule is CC[C@@H](C)NC(=O)[C@H](Cc1ccccc1)N(Cc1ccccc1)C(=O)CN(c1cc(C)cc(C)c1)S(C)(=O)=O. The molecular weight excluding hydrogens is 510 g/mol. The van der Waals surface area contributed by atoms with Crippen LogP contribution in [0.1, 0.15) is 42.5 Å². The smallest absolute Gasteiger partial charge is 0.244 e. The van der Waals surface area contributed by atoms with E-state index in [-0.39, 0.29) is 18.5 Å². The van der Waals surface area contributed by atoms with E-state index in [1.807, 2.05) is 94.4 Å². The molecule has 0 heterocycles. The van der Waals surface area contributed by atoms with Gasteiger partial charge in [0, 0.05) is 19.0 Å². The molecule has 7 nitrogen and oxygen atoms in total. The Bertz CT molecular complexity index is 1340. The summed E-state index contributed by atoms with van der Waals surface area (Å²) in [5.74, 6) is -0.724. The Kier molecular flexibility index (Phi) is 10.3. The number of carbonyl (C=O) groups excluding carboxylic acids is 2. The van der Waals surface area contributed by atoms with Gasteiger partial charge < -0.3 is 10.2 Å². The van der Waals surface area contributed by atoms with E-state index >= 15 is 0 Å². The topological polar surface area (TPSA) is 86.8 Å². The van der Waals surface area contributed by atoms with Crippen LogP contribution in [0.3, 0.4) is 0 Å². The highest BCUT2D eigenvalue weighted by atomic mass is 32.2. The van der Waals surface area contributed by atoms with Crippen molar-refractivity contribution in [2.24, 2.45) is 0 Å². The summed E-state index contributed by atoms with van der Waals surface area (Å²) in [5.41, 5.74) is 3.95. The third-order valence-corrected chi connectivity index (χ3v) is 7.78. The molecule has 0 aliphatic rings. The van der Waals surface area contributed by atoms with Crippen LogP contribution in [-0.2, 0) is 32.6 Å². The van der Waals surface area contributed by atoms with Gasteiger partial charge in [0.15, 0.2) is 0 Å². The monoisotopic (exact) mass is 549 g/mol. The maximum atomic E-state index is 14.1. The van der Waals surface area contributed by atoms with Gasteiger partial charge in [0.1, 0.15) is 12.6 Å². The van der Waals surface area contributed by atoms with Gasteiger partial charge in [-0.05, 0) is 61.6 Å². The van der Waals surface area contributed by atoms with Gasteiger partial charge in [-0.1, -0.05) is 73.7 Å². The molecule has 8 heteroatoms. The molecule has 2 amide bonds. The molecule has 0 unspecified atom stereocenters. The predicted molar refractivity (Wildman–Crippen MR) is 157 cm³/mol. The number of benzene rings is 3. The van der Waals surface area contributed by atoms with Crippen LogP contribution in [0.2, 0.25) is 0 Å². The van der Waals surface area contributed by atoms with Gasteiger partial charge in [-0.3, -0.25) is 13.9 Å². The number of nitrogens with zero attached hydrogens (tertiary/aromatic N) is 2. The molecule has 39 heavy (non-hydrogen) atoms. The molecule has 0 radical (unpaired) electrons. The second kappa shape index (κ2) is 13.4. The summed E-state index contributed by atoms with van der Waals surface area (Å²) in [6.45, 7) is 7.42. The van der Waals surface area contributed by atoms with Crippen molar-refractivity contribution in [1.82, 2.24) is 10.2 Å². The van der Waals surface area contributed by atoms with Gasteiger partial charge in [-0.2, -0.15) is 0 Å². The fourth-order valence-corrected chi connectivity index (χ4v) is 5.32. The van der Waals surface area contributed by atoms with Crippen LogP contribution in [-0.4, -0.2) is 50.0 Å². The average Bonchev–Trinajstić information content (AvgIpc) is 2.88. The number of aryl methyl sites for hydroxylation is 2. The zero-order chi connectivity index (χ0) is 28.6. The number of hydrogen-bond acceptors (Lipinski definition) is 4. The molecule has 0 aliphatic carbocycles. The van der Waals surface area contributed by atoms with Gasteiger partial charge in [-0.25, -0.2) is 8.42 Å². The van der Waals surface area contributed by atoms with E-state index in [9.17, 15) is 18.0 Å². The van der Waals surface area contributed by atoms with Crippen molar-refractivity contribution in [3.05, 3.63) is 101 Å². The lowest BCUT2D eigenvalue weighted by molar-refractivity contribution is -0.140. The molecule has 1 N–H and O–H groups in total. The molecule has 0 bridgehead atoms. The molecule has 0 aliphatic heterocycles. The van der Waals surface area contributed by atoms with Gasteiger partial charge in [0.05, 0.1) is 11.9 Å². The van der Waals surface area contributed by atoms with Crippen LogP contribution in [0.25, 0.3) is 0 Å². The first-order valence-electron chi connectivity index (χ1n) is 13.2. The minimum absolute atomic E-state index is 0.0766. The highest BCUT2D eigenvalue weighted by Gasteiger charge is 2.33. The fraction of sp³-hybridized carbons (Fsp3) is 0.355. The highest BCUT2D eigenvalue weighted by molar-refractivity contribution is 7.92. The molecular formula is C31H39N3O4S. The number of sulfonamides is 1. The van der Waals surface area contributed by atoms with Crippen LogP contribution in [0.5, 0.6) is 0 Å². The van der Waals surface area contributed by atoms with Gasteiger partial charge in [0.25, 0.3) is 0 Å². The Morgan fingerprint density at radius 3 is 1.92 bits per heavy atom. The molecule has 3 aromatic carbocycles. The molecule has 3 aromatic rings. The summed E-state index contributed by atoms with van der Waals surface area (Å²) in [6.07, 6.45) is 2.13. The standard InChI is InChI=1S/C31H39N3O4S/c1-6-25(4)32-31(36)29(20-26-13-9-7-10-14-26)33(21-27-15-11-8-12-16-27)30(35)22-34(39(5,37)38)28-18-23(2)17-24(3)19-28/h7-19,25,29H,6,20-22H2,1-5H3,(H,32,36)/t25-,29+/m1/s1. The van der Waals surface area contributed by atoms with Gasteiger partial charge in [-0.15, -0.1) is 0 Å². The minimum atomic E-state index is -3.80. The molecule has 0 fully saturated rings. The third-order valence-electron chi connectivity index (χ3n) is 6.64. The largest absolute Gasteiger partial charge is 0.352 e. The normalized spacial score (nSPS) is 12.8. The van der Waals surface area contributed by atoms with Crippen molar-refractivity contribution in [3.8, 4) is 0 Å². The molecule has 3 rings (SSSR count). The Hall–Kier alpha value is -3.65. The predicted octanol–water partition coefficient (Wildman–Crippen LogP) is 4.62. The van der Waals surface area contributed by atoms with E-state index < -0.39 is 28.5 Å². The first-order valence-corrected chi connectivity index (χ1v) is 15.1. The summed E-state index contributed by atoms with van der Waals surface area (Å²) >= 11 is 0. The van der Waals surface area contributed by atoms with Crippen LogP contribution in [0.15, 0.2) is 78.9 Å².